The second-order valence-corrected chi connectivity index (χ2v) is 5.37. The number of rotatable bonds is 7. The van der Waals surface area contributed by atoms with Crippen molar-refractivity contribution in [2.24, 2.45) is 5.92 Å². The molecule has 0 saturated carbocycles. The average Bonchev–Trinajstić information content (AvgIpc) is 2.29. The van der Waals surface area contributed by atoms with Gasteiger partial charge in [-0.2, -0.15) is 0 Å². The molecule has 0 atom stereocenters. The van der Waals surface area contributed by atoms with Crippen LogP contribution in [-0.4, -0.2) is 22.5 Å². The molecule has 0 bridgehead atoms. The Kier molecular flexibility index (Phi) is 6.13. The molecule has 0 radical (unpaired) electrons. The van der Waals surface area contributed by atoms with Crippen molar-refractivity contribution >= 4 is 5.69 Å². The van der Waals surface area contributed by atoms with Crippen LogP contribution in [0.3, 0.4) is 0 Å². The molecule has 0 unspecified atom stereocenters. The molecular weight excluding hydrogens is 222 g/mol. The van der Waals surface area contributed by atoms with Gasteiger partial charge in [0.05, 0.1) is 5.69 Å². The molecule has 1 aromatic heterocycles. The van der Waals surface area contributed by atoms with E-state index in [9.17, 15) is 0 Å². The Bertz CT molecular complexity index is 345. The fourth-order valence-electron chi connectivity index (χ4n) is 2.41. The van der Waals surface area contributed by atoms with Crippen LogP contribution >= 0.6 is 0 Å². The molecule has 1 heterocycles. The molecule has 0 saturated heterocycles. The maximum Gasteiger partial charge on any atom is 0.0564 e. The van der Waals surface area contributed by atoms with Gasteiger partial charge in [-0.3, -0.25) is 9.88 Å². The Morgan fingerprint density at radius 3 is 2.44 bits per heavy atom. The van der Waals surface area contributed by atoms with Crippen molar-refractivity contribution in [3.8, 4) is 0 Å². The van der Waals surface area contributed by atoms with Gasteiger partial charge in [0.2, 0.25) is 0 Å². The molecule has 3 nitrogen and oxygen atoms in total. The molecule has 0 spiro atoms. The quantitative estimate of drug-likeness (QED) is 0.806. The number of nitrogens with two attached hydrogens (primary N) is 1. The standard InChI is InChI=1S/C15H27N3/c1-5-15(6-2)18(10-12(3)4)11-14-9-13(16)7-8-17-14/h7-9,12,15H,5-6,10-11H2,1-4H3,(H2,16,17). The molecule has 1 aromatic rings. The van der Waals surface area contributed by atoms with Crippen LogP contribution in [0.2, 0.25) is 0 Å². The first-order valence-corrected chi connectivity index (χ1v) is 7.01. The first-order chi connectivity index (χ1) is 8.56. The lowest BCUT2D eigenvalue weighted by molar-refractivity contribution is 0.155. The number of hydrogen-bond donors (Lipinski definition) is 1. The largest absolute Gasteiger partial charge is 0.399 e. The summed E-state index contributed by atoms with van der Waals surface area (Å²) in [6.45, 7) is 11.1. The Morgan fingerprint density at radius 2 is 1.94 bits per heavy atom. The second kappa shape index (κ2) is 7.37. The van der Waals surface area contributed by atoms with Crippen LogP contribution in [0.25, 0.3) is 0 Å². The van der Waals surface area contributed by atoms with Crippen LogP contribution < -0.4 is 5.73 Å². The van der Waals surface area contributed by atoms with E-state index in [4.69, 9.17) is 5.73 Å². The summed E-state index contributed by atoms with van der Waals surface area (Å²) in [5.41, 5.74) is 7.69. The third-order valence-electron chi connectivity index (χ3n) is 3.26. The van der Waals surface area contributed by atoms with E-state index in [1.165, 1.54) is 12.8 Å². The van der Waals surface area contributed by atoms with E-state index in [2.05, 4.69) is 37.6 Å². The maximum atomic E-state index is 5.82. The first kappa shape index (κ1) is 15.0. The van der Waals surface area contributed by atoms with Gasteiger partial charge in [0.25, 0.3) is 0 Å². The molecule has 2 N–H and O–H groups in total. The maximum absolute atomic E-state index is 5.82. The van der Waals surface area contributed by atoms with Gasteiger partial charge in [-0.25, -0.2) is 0 Å². The van der Waals surface area contributed by atoms with Crippen LogP contribution in [0, 0.1) is 5.92 Å². The Morgan fingerprint density at radius 1 is 1.28 bits per heavy atom. The molecule has 3 heteroatoms. The zero-order valence-corrected chi connectivity index (χ0v) is 12.2. The van der Waals surface area contributed by atoms with Crippen molar-refractivity contribution in [2.45, 2.75) is 53.1 Å². The molecule has 0 fully saturated rings. The minimum Gasteiger partial charge on any atom is -0.399 e. The summed E-state index contributed by atoms with van der Waals surface area (Å²) in [4.78, 5) is 6.95. The van der Waals surface area contributed by atoms with Crippen LogP contribution in [0.4, 0.5) is 5.69 Å². The molecular formula is C15H27N3. The zero-order chi connectivity index (χ0) is 13.5. The highest BCUT2D eigenvalue weighted by atomic mass is 15.2. The summed E-state index contributed by atoms with van der Waals surface area (Å²) < 4.78 is 0. The average molecular weight is 249 g/mol. The van der Waals surface area contributed by atoms with Gasteiger partial charge in [-0.05, 0) is 30.9 Å². The van der Waals surface area contributed by atoms with Crippen molar-refractivity contribution in [3.05, 3.63) is 24.0 Å². The van der Waals surface area contributed by atoms with E-state index in [-0.39, 0.29) is 0 Å². The molecule has 0 aromatic carbocycles. The van der Waals surface area contributed by atoms with E-state index in [0.29, 0.717) is 12.0 Å². The predicted octanol–water partition coefficient (Wildman–Crippen LogP) is 3.31. The van der Waals surface area contributed by atoms with E-state index in [0.717, 1.165) is 24.5 Å². The van der Waals surface area contributed by atoms with Crippen molar-refractivity contribution in [2.75, 3.05) is 12.3 Å². The lowest BCUT2D eigenvalue weighted by atomic mass is 10.1. The topological polar surface area (TPSA) is 42.1 Å². The number of anilines is 1. The van der Waals surface area contributed by atoms with Crippen molar-refractivity contribution < 1.29 is 0 Å². The summed E-state index contributed by atoms with van der Waals surface area (Å²) in [5.74, 6) is 0.673. The molecule has 102 valence electrons. The number of nitrogen functional groups attached to an aromatic ring is 1. The van der Waals surface area contributed by atoms with E-state index in [1.54, 1.807) is 6.20 Å². The number of nitrogens with zero attached hydrogens (tertiary/aromatic N) is 2. The van der Waals surface area contributed by atoms with Gasteiger partial charge in [0, 0.05) is 31.0 Å². The van der Waals surface area contributed by atoms with Gasteiger partial charge >= 0.3 is 0 Å². The Hall–Kier alpha value is -1.09. The predicted molar refractivity (Wildman–Crippen MR) is 78.3 cm³/mol. The lowest BCUT2D eigenvalue weighted by Gasteiger charge is -2.31. The molecule has 18 heavy (non-hydrogen) atoms. The normalized spacial score (nSPS) is 11.7. The van der Waals surface area contributed by atoms with Crippen molar-refractivity contribution in [1.82, 2.24) is 9.88 Å². The number of aromatic nitrogens is 1. The van der Waals surface area contributed by atoms with Gasteiger partial charge in [0.15, 0.2) is 0 Å². The second-order valence-electron chi connectivity index (χ2n) is 5.37. The molecule has 0 aliphatic carbocycles. The molecule has 1 rings (SSSR count). The molecule has 0 amide bonds. The number of pyridine rings is 1. The third-order valence-corrected chi connectivity index (χ3v) is 3.26. The Labute approximate surface area is 111 Å². The summed E-state index contributed by atoms with van der Waals surface area (Å²) in [6, 6.07) is 4.46. The van der Waals surface area contributed by atoms with E-state index >= 15 is 0 Å². The highest BCUT2D eigenvalue weighted by Crippen LogP contribution is 2.15. The monoisotopic (exact) mass is 249 g/mol. The van der Waals surface area contributed by atoms with Crippen LogP contribution in [0.5, 0.6) is 0 Å². The molecule has 0 aliphatic heterocycles. The van der Waals surface area contributed by atoms with Crippen molar-refractivity contribution in [1.29, 1.82) is 0 Å². The van der Waals surface area contributed by atoms with Gasteiger partial charge < -0.3 is 5.73 Å². The fourth-order valence-corrected chi connectivity index (χ4v) is 2.41. The first-order valence-electron chi connectivity index (χ1n) is 7.01. The minimum atomic E-state index is 0.635. The van der Waals surface area contributed by atoms with Gasteiger partial charge in [-0.1, -0.05) is 27.7 Å². The Balaban J connectivity index is 2.77. The van der Waals surface area contributed by atoms with Crippen LogP contribution in [-0.2, 0) is 6.54 Å². The smallest absolute Gasteiger partial charge is 0.0564 e. The highest BCUT2D eigenvalue weighted by molar-refractivity contribution is 5.37. The zero-order valence-electron chi connectivity index (χ0n) is 12.2. The van der Waals surface area contributed by atoms with Crippen molar-refractivity contribution in [3.63, 3.8) is 0 Å². The lowest BCUT2D eigenvalue weighted by Crippen LogP contribution is -2.37. The van der Waals surface area contributed by atoms with Crippen LogP contribution in [0.1, 0.15) is 46.2 Å². The van der Waals surface area contributed by atoms with Crippen LogP contribution in [0.15, 0.2) is 18.3 Å². The molecule has 0 aliphatic rings. The minimum absolute atomic E-state index is 0.635. The van der Waals surface area contributed by atoms with E-state index in [1.807, 2.05) is 12.1 Å². The van der Waals surface area contributed by atoms with Gasteiger partial charge in [-0.15, -0.1) is 0 Å². The number of hydrogen-bond acceptors (Lipinski definition) is 3. The summed E-state index contributed by atoms with van der Waals surface area (Å²) >= 11 is 0. The summed E-state index contributed by atoms with van der Waals surface area (Å²) in [6.07, 6.45) is 4.17. The fraction of sp³-hybridized carbons (Fsp3) is 0.667. The SMILES string of the molecule is CCC(CC)N(Cc1cc(N)ccn1)CC(C)C. The van der Waals surface area contributed by atoms with Gasteiger partial charge in [0.1, 0.15) is 0 Å². The third kappa shape index (κ3) is 4.65. The summed E-state index contributed by atoms with van der Waals surface area (Å²) in [7, 11) is 0. The summed E-state index contributed by atoms with van der Waals surface area (Å²) in [5, 5.41) is 0. The highest BCUT2D eigenvalue weighted by Gasteiger charge is 2.17. The van der Waals surface area contributed by atoms with E-state index < -0.39 is 0 Å².